The van der Waals surface area contributed by atoms with Crippen molar-refractivity contribution in [3.63, 3.8) is 0 Å². The molecule has 0 fully saturated rings. The fourth-order valence-electron chi connectivity index (χ4n) is 2.02. The van der Waals surface area contributed by atoms with Gasteiger partial charge >= 0.3 is 0 Å². The average molecular weight is 270 g/mol. The molecule has 104 valence electrons. The summed E-state index contributed by atoms with van der Waals surface area (Å²) in [5.41, 5.74) is 8.26. The van der Waals surface area contributed by atoms with Gasteiger partial charge in [0.2, 0.25) is 5.91 Å². The Morgan fingerprint density at radius 2 is 1.90 bits per heavy atom. The number of ether oxygens (including phenoxy) is 1. The molecule has 4 heteroatoms. The molecule has 2 aromatic carbocycles. The van der Waals surface area contributed by atoms with Crippen LogP contribution >= 0.6 is 0 Å². The van der Waals surface area contributed by atoms with E-state index in [-0.39, 0.29) is 0 Å². The first-order valence-electron chi connectivity index (χ1n) is 6.36. The van der Waals surface area contributed by atoms with Gasteiger partial charge in [-0.15, -0.1) is 0 Å². The van der Waals surface area contributed by atoms with Gasteiger partial charge in [0.25, 0.3) is 0 Å². The molecular formula is C16H18N2O2. The van der Waals surface area contributed by atoms with Crippen LogP contribution in [0.5, 0.6) is 5.75 Å². The van der Waals surface area contributed by atoms with Crippen molar-refractivity contribution >= 4 is 11.6 Å². The smallest absolute Gasteiger partial charge is 0.244 e. The summed E-state index contributed by atoms with van der Waals surface area (Å²) in [4.78, 5) is 11.7. The molecule has 1 amide bonds. The van der Waals surface area contributed by atoms with Gasteiger partial charge < -0.3 is 15.8 Å². The lowest BCUT2D eigenvalue weighted by molar-refractivity contribution is -0.118. The average Bonchev–Trinajstić information content (AvgIpc) is 2.45. The molecule has 1 atom stereocenters. The molecule has 0 saturated heterocycles. The van der Waals surface area contributed by atoms with E-state index in [9.17, 15) is 4.79 Å². The molecule has 0 saturated carbocycles. The number of carbonyl (C=O) groups is 1. The second kappa shape index (κ2) is 6.10. The highest BCUT2D eigenvalue weighted by molar-refractivity contribution is 5.84. The maximum absolute atomic E-state index is 11.7. The second-order valence-electron chi connectivity index (χ2n) is 4.62. The maximum Gasteiger partial charge on any atom is 0.244 e. The molecule has 0 bridgehead atoms. The molecule has 0 aliphatic carbocycles. The highest BCUT2D eigenvalue weighted by Crippen LogP contribution is 2.22. The van der Waals surface area contributed by atoms with Crippen molar-refractivity contribution in [1.82, 2.24) is 0 Å². The van der Waals surface area contributed by atoms with Crippen molar-refractivity contribution in [3.8, 4) is 5.75 Å². The highest BCUT2D eigenvalue weighted by atomic mass is 16.5. The first-order valence-corrected chi connectivity index (χ1v) is 6.36. The van der Waals surface area contributed by atoms with Crippen molar-refractivity contribution < 1.29 is 9.53 Å². The van der Waals surface area contributed by atoms with Crippen LogP contribution in [-0.4, -0.2) is 13.0 Å². The van der Waals surface area contributed by atoms with Crippen LogP contribution in [-0.2, 0) is 4.79 Å². The van der Waals surface area contributed by atoms with E-state index in [1.54, 1.807) is 7.11 Å². The first kappa shape index (κ1) is 13.9. The van der Waals surface area contributed by atoms with Crippen molar-refractivity contribution in [2.45, 2.75) is 13.0 Å². The van der Waals surface area contributed by atoms with Gasteiger partial charge in [0.1, 0.15) is 11.8 Å². The Morgan fingerprint density at radius 1 is 1.20 bits per heavy atom. The number of anilines is 1. The first-order chi connectivity index (χ1) is 9.60. The van der Waals surface area contributed by atoms with E-state index >= 15 is 0 Å². The summed E-state index contributed by atoms with van der Waals surface area (Å²) in [6.45, 7) is 1.98. The molecule has 0 aromatic heterocycles. The van der Waals surface area contributed by atoms with Crippen molar-refractivity contribution in [1.29, 1.82) is 0 Å². The fraction of sp³-hybridized carbons (Fsp3) is 0.188. The van der Waals surface area contributed by atoms with Crippen LogP contribution < -0.4 is 15.8 Å². The van der Waals surface area contributed by atoms with Gasteiger partial charge in [0, 0.05) is 5.69 Å². The van der Waals surface area contributed by atoms with Gasteiger partial charge in [-0.3, -0.25) is 4.79 Å². The highest BCUT2D eigenvalue weighted by Gasteiger charge is 2.17. The van der Waals surface area contributed by atoms with Gasteiger partial charge in [-0.1, -0.05) is 29.8 Å². The normalized spacial score (nSPS) is 11.7. The molecule has 0 aliphatic heterocycles. The van der Waals surface area contributed by atoms with Crippen LogP contribution in [0.2, 0.25) is 0 Å². The molecule has 2 aromatic rings. The third-order valence-corrected chi connectivity index (χ3v) is 3.06. The number of amides is 1. The van der Waals surface area contributed by atoms with Crippen LogP contribution in [0.25, 0.3) is 0 Å². The zero-order valence-corrected chi connectivity index (χ0v) is 11.6. The summed E-state index contributed by atoms with van der Waals surface area (Å²) in [5.74, 6) is 0.355. The molecule has 2 rings (SSSR count). The fourth-order valence-corrected chi connectivity index (χ4v) is 2.02. The Kier molecular flexibility index (Phi) is 4.25. The largest absolute Gasteiger partial charge is 0.497 e. The van der Waals surface area contributed by atoms with E-state index in [0.717, 1.165) is 22.6 Å². The van der Waals surface area contributed by atoms with E-state index in [1.165, 1.54) is 0 Å². The predicted octanol–water partition coefficient (Wildman–Crippen LogP) is 2.64. The lowest BCUT2D eigenvalue weighted by Crippen LogP contribution is -2.27. The standard InChI is InChI=1S/C16H18N2O2/c1-11-4-3-5-12(10-11)15(16(17)19)18-13-6-8-14(20-2)9-7-13/h3-10,15,18H,1-2H3,(H2,17,19). The zero-order chi connectivity index (χ0) is 14.5. The summed E-state index contributed by atoms with van der Waals surface area (Å²) < 4.78 is 5.10. The Balaban J connectivity index is 2.23. The SMILES string of the molecule is COc1ccc(NC(C(N)=O)c2cccc(C)c2)cc1. The van der Waals surface area contributed by atoms with Crippen LogP contribution in [0.4, 0.5) is 5.69 Å². The van der Waals surface area contributed by atoms with E-state index in [1.807, 2.05) is 55.5 Å². The minimum Gasteiger partial charge on any atom is -0.497 e. The topological polar surface area (TPSA) is 64.3 Å². The third-order valence-electron chi connectivity index (χ3n) is 3.06. The van der Waals surface area contributed by atoms with Gasteiger partial charge in [-0.05, 0) is 36.8 Å². The molecule has 4 nitrogen and oxygen atoms in total. The van der Waals surface area contributed by atoms with Gasteiger partial charge in [0.05, 0.1) is 7.11 Å². The lowest BCUT2D eigenvalue weighted by atomic mass is 10.0. The predicted molar refractivity (Wildman–Crippen MR) is 79.7 cm³/mol. The summed E-state index contributed by atoms with van der Waals surface area (Å²) in [6.07, 6.45) is 0. The van der Waals surface area contributed by atoms with Crippen LogP contribution in [0.3, 0.4) is 0 Å². The van der Waals surface area contributed by atoms with Crippen molar-refractivity contribution in [2.75, 3.05) is 12.4 Å². The molecule has 0 heterocycles. The lowest BCUT2D eigenvalue weighted by Gasteiger charge is -2.17. The van der Waals surface area contributed by atoms with Gasteiger partial charge in [-0.2, -0.15) is 0 Å². The molecule has 0 spiro atoms. The number of nitrogens with one attached hydrogen (secondary N) is 1. The number of hydrogen-bond donors (Lipinski definition) is 2. The molecule has 0 aliphatic rings. The number of primary amides is 1. The summed E-state index contributed by atoms with van der Waals surface area (Å²) in [5, 5.41) is 3.14. The maximum atomic E-state index is 11.7. The van der Waals surface area contributed by atoms with Gasteiger partial charge in [0.15, 0.2) is 0 Å². The molecule has 1 unspecified atom stereocenters. The van der Waals surface area contributed by atoms with Crippen LogP contribution in [0.15, 0.2) is 48.5 Å². The van der Waals surface area contributed by atoms with Crippen molar-refractivity contribution in [2.24, 2.45) is 5.73 Å². The number of benzene rings is 2. The summed E-state index contributed by atoms with van der Waals surface area (Å²) in [7, 11) is 1.61. The van der Waals surface area contributed by atoms with E-state index in [2.05, 4.69) is 5.32 Å². The summed E-state index contributed by atoms with van der Waals surface area (Å²) in [6, 6.07) is 14.5. The second-order valence-corrected chi connectivity index (χ2v) is 4.62. The Morgan fingerprint density at radius 3 is 2.45 bits per heavy atom. The minimum atomic E-state index is -0.553. The molecule has 0 radical (unpaired) electrons. The molecule has 3 N–H and O–H groups in total. The Hall–Kier alpha value is -2.49. The van der Waals surface area contributed by atoms with E-state index in [0.29, 0.717) is 0 Å². The number of nitrogens with two attached hydrogens (primary N) is 1. The third kappa shape index (κ3) is 3.29. The molecule has 20 heavy (non-hydrogen) atoms. The number of hydrogen-bond acceptors (Lipinski definition) is 3. The van der Waals surface area contributed by atoms with Crippen LogP contribution in [0, 0.1) is 6.92 Å². The van der Waals surface area contributed by atoms with Crippen molar-refractivity contribution in [3.05, 3.63) is 59.7 Å². The summed E-state index contributed by atoms with van der Waals surface area (Å²) >= 11 is 0. The van der Waals surface area contributed by atoms with Gasteiger partial charge in [-0.25, -0.2) is 0 Å². The number of rotatable bonds is 5. The molecular weight excluding hydrogens is 252 g/mol. The van der Waals surface area contributed by atoms with Crippen LogP contribution in [0.1, 0.15) is 17.2 Å². The Bertz CT molecular complexity index is 594. The monoisotopic (exact) mass is 270 g/mol. The van der Waals surface area contributed by atoms with E-state index in [4.69, 9.17) is 10.5 Å². The minimum absolute atomic E-state index is 0.411. The zero-order valence-electron chi connectivity index (χ0n) is 11.6. The van der Waals surface area contributed by atoms with E-state index < -0.39 is 11.9 Å². The Labute approximate surface area is 118 Å². The number of aryl methyl sites for hydroxylation is 1. The quantitative estimate of drug-likeness (QED) is 0.877. The number of carbonyl (C=O) groups excluding carboxylic acids is 1. The number of methoxy groups -OCH3 is 1.